The third-order valence-electron chi connectivity index (χ3n) is 5.89. The summed E-state index contributed by atoms with van der Waals surface area (Å²) in [5.74, 6) is -2.58. The number of aryl methyl sites for hydroxylation is 1. The quantitative estimate of drug-likeness (QED) is 0.601. The van der Waals surface area contributed by atoms with Crippen molar-refractivity contribution in [3.8, 4) is 5.75 Å². The molecule has 1 aromatic carbocycles. The normalized spacial score (nSPS) is 23.2. The largest absolute Gasteiger partial charge is 0.496 e. The van der Waals surface area contributed by atoms with E-state index in [1.165, 1.54) is 20.1 Å². The van der Waals surface area contributed by atoms with E-state index in [0.29, 0.717) is 4.09 Å². The van der Waals surface area contributed by atoms with Crippen molar-refractivity contribution in [3.63, 3.8) is 0 Å². The molecule has 2 heterocycles. The number of rotatable bonds is 6. The second-order valence-corrected chi connectivity index (χ2v) is 10.2. The van der Waals surface area contributed by atoms with Gasteiger partial charge in [0.2, 0.25) is 0 Å². The smallest absolute Gasteiger partial charge is 0.417 e. The molecule has 1 aliphatic rings. The van der Waals surface area contributed by atoms with Crippen LogP contribution in [0.25, 0.3) is 0 Å². The zero-order valence-electron chi connectivity index (χ0n) is 19.2. The molecule has 1 aliphatic heterocycles. The predicted octanol–water partition coefficient (Wildman–Crippen LogP) is 3.54. The number of amides is 1. The molecule has 1 saturated heterocycles. The van der Waals surface area contributed by atoms with Gasteiger partial charge in [0.05, 0.1) is 30.9 Å². The van der Waals surface area contributed by atoms with E-state index in [2.05, 4.69) is 10.4 Å². The van der Waals surface area contributed by atoms with E-state index in [-0.39, 0.29) is 34.7 Å². The topological polar surface area (TPSA) is 99.5 Å². The third-order valence-corrected chi connectivity index (χ3v) is 6.75. The monoisotopic (exact) mass is 507 g/mol. The van der Waals surface area contributed by atoms with Crippen LogP contribution in [0.3, 0.4) is 0 Å². The number of carbonyl (C=O) groups excluding carboxylic acids is 1. The van der Waals surface area contributed by atoms with E-state index in [1.54, 1.807) is 6.92 Å². The Labute approximate surface area is 194 Å². The van der Waals surface area contributed by atoms with Crippen molar-refractivity contribution < 1.29 is 40.2 Å². The van der Waals surface area contributed by atoms with Gasteiger partial charge in [-0.2, -0.15) is 22.4 Å². The molecule has 2 aromatic rings. The maximum absolute atomic E-state index is 14.3. The number of hydrogen-bond acceptors (Lipinski definition) is 6. The standard InChI is InChI=1S/C21H25F4N3O5S/c1-6-12-15(22)8-7-13(17(12)32-4)14-9-20(3,21(23,24)25)33-18(14)19(29)26-16-10-28(27-11(16)2)34(5,30)31/h7-8,10,14,18H,6,9H2,1-5H3,(H,26,29). The summed E-state index contributed by atoms with van der Waals surface area (Å²) >= 11 is 0. The highest BCUT2D eigenvalue weighted by Crippen LogP contribution is 2.51. The fourth-order valence-electron chi connectivity index (χ4n) is 4.04. The molecule has 0 spiro atoms. The Morgan fingerprint density at radius 2 is 2.03 bits per heavy atom. The van der Waals surface area contributed by atoms with Crippen molar-refractivity contribution in [2.24, 2.45) is 0 Å². The van der Waals surface area contributed by atoms with Crippen LogP contribution < -0.4 is 10.1 Å². The van der Waals surface area contributed by atoms with Gasteiger partial charge < -0.3 is 14.8 Å². The maximum Gasteiger partial charge on any atom is 0.417 e. The van der Waals surface area contributed by atoms with Gasteiger partial charge in [0, 0.05) is 17.0 Å². The molecule has 1 fully saturated rings. The van der Waals surface area contributed by atoms with Gasteiger partial charge in [-0.25, -0.2) is 12.8 Å². The van der Waals surface area contributed by atoms with Crippen molar-refractivity contribution >= 4 is 21.6 Å². The van der Waals surface area contributed by atoms with Gasteiger partial charge in [-0.1, -0.05) is 13.0 Å². The number of benzene rings is 1. The van der Waals surface area contributed by atoms with E-state index < -0.39 is 52.0 Å². The first-order valence-corrected chi connectivity index (χ1v) is 12.1. The summed E-state index contributed by atoms with van der Waals surface area (Å²) in [6.45, 7) is 3.94. The summed E-state index contributed by atoms with van der Waals surface area (Å²) in [5.41, 5.74) is -2.14. The lowest BCUT2D eigenvalue weighted by Crippen LogP contribution is -2.43. The minimum atomic E-state index is -4.79. The minimum absolute atomic E-state index is 0.00120. The molecule has 0 saturated carbocycles. The first-order valence-electron chi connectivity index (χ1n) is 10.3. The van der Waals surface area contributed by atoms with Crippen LogP contribution in [0, 0.1) is 12.7 Å². The number of methoxy groups -OCH3 is 1. The number of halogens is 4. The third kappa shape index (κ3) is 4.63. The van der Waals surface area contributed by atoms with Crippen LogP contribution in [0.5, 0.6) is 5.75 Å². The fraction of sp³-hybridized carbons (Fsp3) is 0.524. The second-order valence-electron chi connectivity index (χ2n) is 8.33. The molecule has 1 N–H and O–H groups in total. The highest BCUT2D eigenvalue weighted by atomic mass is 32.2. The van der Waals surface area contributed by atoms with Crippen molar-refractivity contribution in [1.29, 1.82) is 0 Å². The Kier molecular flexibility index (Phi) is 6.74. The van der Waals surface area contributed by atoms with Crippen LogP contribution in [0.4, 0.5) is 23.2 Å². The van der Waals surface area contributed by atoms with Gasteiger partial charge in [0.15, 0.2) is 5.60 Å². The molecule has 3 rings (SSSR count). The van der Waals surface area contributed by atoms with Crippen LogP contribution in [0.15, 0.2) is 18.3 Å². The number of aromatic nitrogens is 2. The number of ether oxygens (including phenoxy) is 2. The second kappa shape index (κ2) is 8.84. The lowest BCUT2D eigenvalue weighted by atomic mass is 9.84. The van der Waals surface area contributed by atoms with Gasteiger partial charge in [-0.3, -0.25) is 4.79 Å². The predicted molar refractivity (Wildman–Crippen MR) is 115 cm³/mol. The van der Waals surface area contributed by atoms with Gasteiger partial charge in [0.1, 0.15) is 17.7 Å². The number of carbonyl (C=O) groups is 1. The van der Waals surface area contributed by atoms with Crippen LogP contribution in [0.1, 0.15) is 43.0 Å². The number of hydrogen-bond donors (Lipinski definition) is 1. The van der Waals surface area contributed by atoms with Gasteiger partial charge >= 0.3 is 6.18 Å². The van der Waals surface area contributed by atoms with E-state index in [0.717, 1.165) is 25.4 Å². The molecule has 188 valence electrons. The molecule has 1 amide bonds. The van der Waals surface area contributed by atoms with Crippen molar-refractivity contribution in [2.45, 2.75) is 57.4 Å². The Morgan fingerprint density at radius 3 is 2.53 bits per heavy atom. The summed E-state index contributed by atoms with van der Waals surface area (Å²) in [6.07, 6.45) is -4.87. The van der Waals surface area contributed by atoms with E-state index >= 15 is 0 Å². The molecule has 3 atom stereocenters. The molecule has 0 bridgehead atoms. The maximum atomic E-state index is 14.3. The molecular formula is C21H25F4N3O5S. The molecule has 0 radical (unpaired) electrons. The average molecular weight is 508 g/mol. The van der Waals surface area contributed by atoms with Crippen LogP contribution in [-0.4, -0.2) is 54.8 Å². The molecule has 34 heavy (non-hydrogen) atoms. The first kappa shape index (κ1) is 25.9. The molecule has 13 heteroatoms. The molecule has 1 aromatic heterocycles. The summed E-state index contributed by atoms with van der Waals surface area (Å²) in [4.78, 5) is 13.1. The van der Waals surface area contributed by atoms with Gasteiger partial charge in [-0.15, -0.1) is 0 Å². The summed E-state index contributed by atoms with van der Waals surface area (Å²) in [6, 6.07) is 2.41. The number of alkyl halides is 3. The first-order chi connectivity index (χ1) is 15.6. The van der Waals surface area contributed by atoms with Crippen molar-refractivity contribution in [1.82, 2.24) is 9.19 Å². The van der Waals surface area contributed by atoms with Crippen LogP contribution in [0.2, 0.25) is 0 Å². The van der Waals surface area contributed by atoms with Crippen LogP contribution >= 0.6 is 0 Å². The van der Waals surface area contributed by atoms with E-state index in [9.17, 15) is 30.8 Å². The SMILES string of the molecule is CCc1c(F)ccc(C2CC(C)(C(F)(F)F)OC2C(=O)Nc2cn(S(C)(=O)=O)nc2C)c1OC. The molecular weight excluding hydrogens is 482 g/mol. The van der Waals surface area contributed by atoms with Crippen molar-refractivity contribution in [2.75, 3.05) is 18.7 Å². The summed E-state index contributed by atoms with van der Waals surface area (Å²) in [7, 11) is -2.48. The Hall–Kier alpha value is -2.67. The Balaban J connectivity index is 2.05. The van der Waals surface area contributed by atoms with E-state index in [4.69, 9.17) is 9.47 Å². The highest BCUT2D eigenvalue weighted by Gasteiger charge is 2.61. The zero-order valence-corrected chi connectivity index (χ0v) is 20.0. The van der Waals surface area contributed by atoms with Crippen molar-refractivity contribution in [3.05, 3.63) is 41.0 Å². The number of anilines is 1. The lowest BCUT2D eigenvalue weighted by Gasteiger charge is -2.27. The zero-order chi connectivity index (χ0) is 25.6. The fourth-order valence-corrected chi connectivity index (χ4v) is 4.61. The highest BCUT2D eigenvalue weighted by molar-refractivity contribution is 7.89. The lowest BCUT2D eigenvalue weighted by molar-refractivity contribution is -0.261. The van der Waals surface area contributed by atoms with Gasteiger partial charge in [-0.05, 0) is 32.8 Å². The molecule has 0 aliphatic carbocycles. The van der Waals surface area contributed by atoms with E-state index in [1.807, 2.05) is 0 Å². The molecule has 8 nitrogen and oxygen atoms in total. The summed E-state index contributed by atoms with van der Waals surface area (Å²) in [5, 5.41) is 6.21. The van der Waals surface area contributed by atoms with Gasteiger partial charge in [0.25, 0.3) is 15.9 Å². The van der Waals surface area contributed by atoms with Crippen LogP contribution in [-0.2, 0) is 26.0 Å². The Bertz CT molecular complexity index is 1210. The Morgan fingerprint density at radius 1 is 1.38 bits per heavy atom. The number of nitrogens with zero attached hydrogens (tertiary/aromatic N) is 2. The molecule has 3 unspecified atom stereocenters. The minimum Gasteiger partial charge on any atom is -0.496 e. The summed E-state index contributed by atoms with van der Waals surface area (Å²) < 4.78 is 90.6. The average Bonchev–Trinajstić information content (AvgIpc) is 3.28. The number of nitrogens with one attached hydrogen (secondary N) is 1.